The number of benzene rings is 1. The predicted octanol–water partition coefficient (Wildman–Crippen LogP) is 1.000. The maximum atomic E-state index is 12.3. The number of amides is 1. The van der Waals surface area contributed by atoms with Crippen LogP contribution >= 0.6 is 0 Å². The third kappa shape index (κ3) is 3.48. The molecule has 1 aromatic rings. The largest absolute Gasteiger partial charge is 0.324 e. The summed E-state index contributed by atoms with van der Waals surface area (Å²) in [5.41, 5.74) is 6.85. The molecular formula is C15H23N3O3S. The van der Waals surface area contributed by atoms with Crippen molar-refractivity contribution in [1.82, 2.24) is 4.72 Å². The first-order valence-corrected chi connectivity index (χ1v) is 8.71. The average molecular weight is 325 g/mol. The molecule has 0 saturated carbocycles. The molecule has 122 valence electrons. The van der Waals surface area contributed by atoms with Gasteiger partial charge in [0.05, 0.1) is 4.90 Å². The highest BCUT2D eigenvalue weighted by molar-refractivity contribution is 7.89. The first kappa shape index (κ1) is 16.9. The fourth-order valence-electron chi connectivity index (χ4n) is 2.62. The van der Waals surface area contributed by atoms with Gasteiger partial charge in [-0.05, 0) is 51.0 Å². The lowest BCUT2D eigenvalue weighted by atomic mass is 10.1. The van der Waals surface area contributed by atoms with E-state index < -0.39 is 15.6 Å². The van der Waals surface area contributed by atoms with E-state index >= 15 is 0 Å². The van der Waals surface area contributed by atoms with Crippen LogP contribution in [0.3, 0.4) is 0 Å². The van der Waals surface area contributed by atoms with Crippen LogP contribution in [-0.2, 0) is 21.2 Å². The number of fused-ring (bicyclic) bond motifs is 1. The molecule has 0 aromatic heterocycles. The van der Waals surface area contributed by atoms with Gasteiger partial charge in [-0.3, -0.25) is 4.79 Å². The highest BCUT2D eigenvalue weighted by atomic mass is 32.2. The Morgan fingerprint density at radius 3 is 2.64 bits per heavy atom. The van der Waals surface area contributed by atoms with Crippen molar-refractivity contribution in [1.29, 1.82) is 0 Å². The standard InChI is InChI=1S/C15H23N3O3S/c1-10-7-12-8-13(5-6-14(12)18(10)11(2)19)22(20,21)17-9-15(3,4)16/h5-6,8,10,17H,7,9,16H2,1-4H3. The average Bonchev–Trinajstić information content (AvgIpc) is 2.70. The summed E-state index contributed by atoms with van der Waals surface area (Å²) in [6.45, 7) is 7.13. The van der Waals surface area contributed by atoms with Crippen molar-refractivity contribution in [3.63, 3.8) is 0 Å². The van der Waals surface area contributed by atoms with E-state index in [0.29, 0.717) is 6.42 Å². The number of anilines is 1. The second-order valence-corrected chi connectivity index (χ2v) is 8.31. The zero-order chi connectivity index (χ0) is 16.7. The number of hydrogen-bond donors (Lipinski definition) is 2. The minimum atomic E-state index is -3.60. The first-order chi connectivity index (χ1) is 10.0. The Morgan fingerprint density at radius 2 is 2.09 bits per heavy atom. The Kier molecular flexibility index (Phi) is 4.34. The van der Waals surface area contributed by atoms with Crippen LogP contribution in [0.1, 0.15) is 33.3 Å². The van der Waals surface area contributed by atoms with Crippen LogP contribution in [0.15, 0.2) is 23.1 Å². The monoisotopic (exact) mass is 325 g/mol. The Balaban J connectivity index is 2.30. The molecule has 1 amide bonds. The van der Waals surface area contributed by atoms with Crippen LogP contribution in [0.25, 0.3) is 0 Å². The van der Waals surface area contributed by atoms with Gasteiger partial charge in [-0.2, -0.15) is 0 Å². The summed E-state index contributed by atoms with van der Waals surface area (Å²) in [5, 5.41) is 0. The Morgan fingerprint density at radius 1 is 1.45 bits per heavy atom. The van der Waals surface area contributed by atoms with Gasteiger partial charge in [0.25, 0.3) is 0 Å². The topological polar surface area (TPSA) is 92.5 Å². The Bertz CT molecular complexity index is 692. The van der Waals surface area contributed by atoms with E-state index in [1.165, 1.54) is 13.0 Å². The second kappa shape index (κ2) is 5.64. The molecule has 0 aliphatic carbocycles. The normalized spacial score (nSPS) is 18.4. The van der Waals surface area contributed by atoms with Crippen molar-refractivity contribution in [2.75, 3.05) is 11.4 Å². The second-order valence-electron chi connectivity index (χ2n) is 6.55. The molecule has 1 aromatic carbocycles. The lowest BCUT2D eigenvalue weighted by Gasteiger charge is -2.21. The van der Waals surface area contributed by atoms with Gasteiger partial charge >= 0.3 is 0 Å². The fourth-order valence-corrected chi connectivity index (χ4v) is 3.89. The summed E-state index contributed by atoms with van der Waals surface area (Å²) in [7, 11) is -3.60. The van der Waals surface area contributed by atoms with E-state index in [0.717, 1.165) is 11.3 Å². The number of sulfonamides is 1. The van der Waals surface area contributed by atoms with Crippen molar-refractivity contribution in [2.45, 2.75) is 50.6 Å². The molecule has 7 heteroatoms. The van der Waals surface area contributed by atoms with Crippen LogP contribution in [-0.4, -0.2) is 32.5 Å². The molecule has 1 atom stereocenters. The zero-order valence-corrected chi connectivity index (χ0v) is 14.2. The Labute approximate surface area is 131 Å². The smallest absolute Gasteiger partial charge is 0.240 e. The molecular weight excluding hydrogens is 302 g/mol. The van der Waals surface area contributed by atoms with Crippen LogP contribution in [0.4, 0.5) is 5.69 Å². The maximum absolute atomic E-state index is 12.3. The van der Waals surface area contributed by atoms with Gasteiger partial charge in [-0.1, -0.05) is 0 Å². The van der Waals surface area contributed by atoms with E-state index in [1.807, 2.05) is 6.92 Å². The van der Waals surface area contributed by atoms with Gasteiger partial charge in [0.1, 0.15) is 0 Å². The number of hydrogen-bond acceptors (Lipinski definition) is 4. The molecule has 0 saturated heterocycles. The van der Waals surface area contributed by atoms with Crippen LogP contribution in [0.5, 0.6) is 0 Å². The van der Waals surface area contributed by atoms with E-state index in [9.17, 15) is 13.2 Å². The number of carbonyl (C=O) groups excluding carboxylic acids is 1. The van der Waals surface area contributed by atoms with Gasteiger partial charge in [-0.25, -0.2) is 13.1 Å². The van der Waals surface area contributed by atoms with Crippen molar-refractivity contribution >= 4 is 21.6 Å². The summed E-state index contributed by atoms with van der Waals surface area (Å²) in [4.78, 5) is 13.6. The van der Waals surface area contributed by atoms with Crippen LogP contribution < -0.4 is 15.4 Å². The summed E-state index contributed by atoms with van der Waals surface area (Å²) in [5.74, 6) is -0.0372. The third-order valence-corrected chi connectivity index (χ3v) is 5.03. The highest BCUT2D eigenvalue weighted by Gasteiger charge is 2.30. The van der Waals surface area contributed by atoms with Crippen molar-refractivity contribution in [2.24, 2.45) is 5.73 Å². The number of carbonyl (C=O) groups is 1. The van der Waals surface area contributed by atoms with E-state index in [2.05, 4.69) is 4.72 Å². The summed E-state index contributed by atoms with van der Waals surface area (Å²) in [6, 6.07) is 4.91. The summed E-state index contributed by atoms with van der Waals surface area (Å²) >= 11 is 0. The number of nitrogens with two attached hydrogens (primary N) is 1. The van der Waals surface area contributed by atoms with Crippen molar-refractivity contribution in [3.8, 4) is 0 Å². The van der Waals surface area contributed by atoms with E-state index in [-0.39, 0.29) is 23.4 Å². The van der Waals surface area contributed by atoms with Crippen molar-refractivity contribution in [3.05, 3.63) is 23.8 Å². The minimum Gasteiger partial charge on any atom is -0.324 e. The number of rotatable bonds is 4. The SMILES string of the molecule is CC(=O)N1c2ccc(S(=O)(=O)NCC(C)(C)N)cc2CC1C. The lowest BCUT2D eigenvalue weighted by Crippen LogP contribution is -2.45. The van der Waals surface area contributed by atoms with E-state index in [1.54, 1.807) is 30.9 Å². The van der Waals surface area contributed by atoms with E-state index in [4.69, 9.17) is 5.73 Å². The third-order valence-electron chi connectivity index (χ3n) is 3.63. The van der Waals surface area contributed by atoms with Crippen LogP contribution in [0.2, 0.25) is 0 Å². The molecule has 1 unspecified atom stereocenters. The molecule has 0 fully saturated rings. The molecule has 0 spiro atoms. The summed E-state index contributed by atoms with van der Waals surface area (Å²) < 4.78 is 27.2. The maximum Gasteiger partial charge on any atom is 0.240 e. The van der Waals surface area contributed by atoms with Gasteiger partial charge in [-0.15, -0.1) is 0 Å². The van der Waals surface area contributed by atoms with Gasteiger partial charge in [0.15, 0.2) is 0 Å². The predicted molar refractivity (Wildman–Crippen MR) is 86.2 cm³/mol. The minimum absolute atomic E-state index is 0.0372. The van der Waals surface area contributed by atoms with Crippen LogP contribution in [0, 0.1) is 0 Å². The van der Waals surface area contributed by atoms with Gasteiger partial charge < -0.3 is 10.6 Å². The molecule has 1 aliphatic heterocycles. The zero-order valence-electron chi connectivity index (χ0n) is 13.4. The van der Waals surface area contributed by atoms with Crippen molar-refractivity contribution < 1.29 is 13.2 Å². The molecule has 22 heavy (non-hydrogen) atoms. The summed E-state index contributed by atoms with van der Waals surface area (Å²) in [6.07, 6.45) is 0.653. The number of nitrogens with one attached hydrogen (secondary N) is 1. The molecule has 3 N–H and O–H groups in total. The molecule has 6 nitrogen and oxygen atoms in total. The number of nitrogens with zero attached hydrogens (tertiary/aromatic N) is 1. The molecule has 0 radical (unpaired) electrons. The fraction of sp³-hybridized carbons (Fsp3) is 0.533. The highest BCUT2D eigenvalue weighted by Crippen LogP contribution is 2.33. The molecule has 0 bridgehead atoms. The van der Waals surface area contributed by atoms with Gasteiger partial charge in [0.2, 0.25) is 15.9 Å². The molecule has 2 rings (SSSR count). The first-order valence-electron chi connectivity index (χ1n) is 7.22. The molecule has 1 aliphatic rings. The quantitative estimate of drug-likeness (QED) is 0.864. The van der Waals surface area contributed by atoms with Gasteiger partial charge in [0, 0.05) is 30.7 Å². The Hall–Kier alpha value is -1.44. The lowest BCUT2D eigenvalue weighted by molar-refractivity contribution is -0.116. The molecule has 1 heterocycles.